The van der Waals surface area contributed by atoms with Crippen molar-refractivity contribution in [3.05, 3.63) is 60.2 Å². The van der Waals surface area contributed by atoms with Gasteiger partial charge in [0, 0.05) is 31.1 Å². The van der Waals surface area contributed by atoms with Crippen molar-refractivity contribution in [2.45, 2.75) is 12.5 Å². The van der Waals surface area contributed by atoms with Gasteiger partial charge in [-0.3, -0.25) is 9.97 Å². The quantitative estimate of drug-likeness (QED) is 0.839. The van der Waals surface area contributed by atoms with E-state index in [-0.39, 0.29) is 6.10 Å². The van der Waals surface area contributed by atoms with Gasteiger partial charge in [-0.25, -0.2) is 0 Å². The van der Waals surface area contributed by atoms with Crippen molar-refractivity contribution < 1.29 is 4.74 Å². The summed E-state index contributed by atoms with van der Waals surface area (Å²) in [6.07, 6.45) is 4.17. The maximum atomic E-state index is 5.75. The van der Waals surface area contributed by atoms with E-state index in [1.165, 1.54) is 0 Å². The molecule has 0 amide bonds. The Morgan fingerprint density at radius 1 is 1.06 bits per heavy atom. The summed E-state index contributed by atoms with van der Waals surface area (Å²) >= 11 is 0. The van der Waals surface area contributed by atoms with Gasteiger partial charge < -0.3 is 10.5 Å². The lowest BCUT2D eigenvalue weighted by Crippen LogP contribution is -2.18. The summed E-state index contributed by atoms with van der Waals surface area (Å²) in [5.41, 5.74) is 7.60. The average molecular weight is 243 g/mol. The Hall–Kier alpha value is -1.78. The Kier molecular flexibility index (Phi) is 4.81. The third-order valence-electron chi connectivity index (χ3n) is 2.64. The zero-order valence-corrected chi connectivity index (χ0v) is 10.2. The molecule has 0 fully saturated rings. The lowest BCUT2D eigenvalue weighted by atomic mass is 10.2. The van der Waals surface area contributed by atoms with Crippen LogP contribution >= 0.6 is 0 Å². The van der Waals surface area contributed by atoms with Gasteiger partial charge in [0.05, 0.1) is 12.3 Å². The van der Waals surface area contributed by atoms with Crippen molar-refractivity contribution in [2.24, 2.45) is 5.73 Å². The summed E-state index contributed by atoms with van der Waals surface area (Å²) in [6, 6.07) is 11.6. The van der Waals surface area contributed by atoms with E-state index in [9.17, 15) is 0 Å². The Balaban J connectivity index is 1.85. The first-order chi connectivity index (χ1) is 8.90. The van der Waals surface area contributed by atoms with Gasteiger partial charge in [-0.05, 0) is 24.3 Å². The maximum absolute atomic E-state index is 5.75. The number of ether oxygens (including phenoxy) is 1. The van der Waals surface area contributed by atoms with Gasteiger partial charge in [-0.1, -0.05) is 12.1 Å². The van der Waals surface area contributed by atoms with Crippen LogP contribution in [0.15, 0.2) is 48.8 Å². The number of rotatable bonds is 6. The molecule has 2 aromatic heterocycles. The van der Waals surface area contributed by atoms with Crippen molar-refractivity contribution in [1.82, 2.24) is 9.97 Å². The molecular weight excluding hydrogens is 226 g/mol. The molecule has 4 nitrogen and oxygen atoms in total. The van der Waals surface area contributed by atoms with Crippen LogP contribution < -0.4 is 5.73 Å². The number of aromatic nitrogens is 2. The lowest BCUT2D eigenvalue weighted by molar-refractivity contribution is 0.0576. The van der Waals surface area contributed by atoms with Crippen LogP contribution in [0.25, 0.3) is 0 Å². The van der Waals surface area contributed by atoms with Gasteiger partial charge >= 0.3 is 0 Å². The van der Waals surface area contributed by atoms with Crippen molar-refractivity contribution in [3.63, 3.8) is 0 Å². The Morgan fingerprint density at radius 3 is 2.44 bits per heavy atom. The largest absolute Gasteiger partial charge is 0.370 e. The molecule has 0 aliphatic carbocycles. The third-order valence-corrected chi connectivity index (χ3v) is 2.64. The molecule has 0 spiro atoms. The van der Waals surface area contributed by atoms with Crippen molar-refractivity contribution >= 4 is 0 Å². The van der Waals surface area contributed by atoms with Crippen LogP contribution in [-0.4, -0.2) is 23.1 Å². The molecule has 2 rings (SSSR count). The van der Waals surface area contributed by atoms with Crippen LogP contribution in [0.1, 0.15) is 17.5 Å². The Bertz CT molecular complexity index is 447. The highest BCUT2D eigenvalue weighted by molar-refractivity contribution is 5.07. The van der Waals surface area contributed by atoms with E-state index >= 15 is 0 Å². The summed E-state index contributed by atoms with van der Waals surface area (Å²) in [6.45, 7) is 1.02. The molecule has 0 saturated carbocycles. The predicted octanol–water partition coefficient (Wildman–Crippen LogP) is 1.74. The van der Waals surface area contributed by atoms with Crippen molar-refractivity contribution in [2.75, 3.05) is 13.2 Å². The maximum Gasteiger partial charge on any atom is 0.112 e. The highest BCUT2D eigenvalue weighted by Gasteiger charge is 2.10. The topological polar surface area (TPSA) is 61.0 Å². The first-order valence-electron chi connectivity index (χ1n) is 6.02. The summed E-state index contributed by atoms with van der Waals surface area (Å²) in [5.74, 6) is 0. The predicted molar refractivity (Wildman–Crippen MR) is 69.9 cm³/mol. The fraction of sp³-hybridized carbons (Fsp3) is 0.286. The number of pyridine rings is 2. The van der Waals surface area contributed by atoms with E-state index in [4.69, 9.17) is 10.5 Å². The highest BCUT2D eigenvalue weighted by atomic mass is 16.5. The number of hydrogen-bond donors (Lipinski definition) is 1. The van der Waals surface area contributed by atoms with Crippen LogP contribution in [0.4, 0.5) is 0 Å². The summed E-state index contributed by atoms with van der Waals surface area (Å²) in [4.78, 5) is 8.50. The minimum atomic E-state index is -0.144. The lowest BCUT2D eigenvalue weighted by Gasteiger charge is -2.15. The van der Waals surface area contributed by atoms with Crippen LogP contribution in [0.5, 0.6) is 0 Å². The molecule has 0 aromatic carbocycles. The fourth-order valence-electron chi connectivity index (χ4n) is 1.69. The second-order valence-electron chi connectivity index (χ2n) is 3.92. The van der Waals surface area contributed by atoms with E-state index in [1.54, 1.807) is 12.4 Å². The minimum absolute atomic E-state index is 0.144. The normalized spacial score (nSPS) is 12.3. The molecule has 0 radical (unpaired) electrons. The van der Waals surface area contributed by atoms with E-state index in [0.29, 0.717) is 13.2 Å². The zero-order chi connectivity index (χ0) is 12.6. The Morgan fingerprint density at radius 2 is 1.83 bits per heavy atom. The number of hydrogen-bond acceptors (Lipinski definition) is 4. The molecule has 2 heterocycles. The summed E-state index contributed by atoms with van der Waals surface area (Å²) < 4.78 is 5.75. The van der Waals surface area contributed by atoms with E-state index in [1.807, 2.05) is 36.4 Å². The van der Waals surface area contributed by atoms with Crippen LogP contribution in [0.3, 0.4) is 0 Å². The first-order valence-corrected chi connectivity index (χ1v) is 6.02. The highest BCUT2D eigenvalue weighted by Crippen LogP contribution is 2.13. The van der Waals surface area contributed by atoms with Gasteiger partial charge in [0.1, 0.15) is 6.10 Å². The zero-order valence-electron chi connectivity index (χ0n) is 10.2. The number of nitrogens with two attached hydrogens (primary N) is 1. The Labute approximate surface area is 107 Å². The summed E-state index contributed by atoms with van der Waals surface area (Å²) in [7, 11) is 0. The second kappa shape index (κ2) is 6.83. The van der Waals surface area contributed by atoms with E-state index in [0.717, 1.165) is 17.8 Å². The molecule has 1 unspecified atom stereocenters. The van der Waals surface area contributed by atoms with Crippen molar-refractivity contribution in [1.29, 1.82) is 0 Å². The molecule has 0 bridgehead atoms. The van der Waals surface area contributed by atoms with E-state index in [2.05, 4.69) is 9.97 Å². The molecule has 0 saturated heterocycles. The van der Waals surface area contributed by atoms with Crippen LogP contribution in [0, 0.1) is 0 Å². The molecule has 0 aliphatic rings. The standard InChI is InChI=1S/C14H17N3O/c15-11-14(13-6-2-4-9-17-13)18-10-7-12-5-1-3-8-16-12/h1-6,8-9,14H,7,10-11,15H2. The monoisotopic (exact) mass is 243 g/mol. The fourth-order valence-corrected chi connectivity index (χ4v) is 1.69. The molecule has 18 heavy (non-hydrogen) atoms. The number of nitrogens with zero attached hydrogens (tertiary/aromatic N) is 2. The molecule has 94 valence electrons. The molecule has 2 N–H and O–H groups in total. The average Bonchev–Trinajstić information content (AvgIpc) is 2.46. The van der Waals surface area contributed by atoms with E-state index < -0.39 is 0 Å². The van der Waals surface area contributed by atoms with Gasteiger partial charge in [0.25, 0.3) is 0 Å². The minimum Gasteiger partial charge on any atom is -0.370 e. The van der Waals surface area contributed by atoms with Gasteiger partial charge in [0.2, 0.25) is 0 Å². The molecule has 2 aromatic rings. The summed E-state index contributed by atoms with van der Waals surface area (Å²) in [5, 5.41) is 0. The van der Waals surface area contributed by atoms with Gasteiger partial charge in [-0.15, -0.1) is 0 Å². The van der Waals surface area contributed by atoms with Crippen LogP contribution in [-0.2, 0) is 11.2 Å². The molecular formula is C14H17N3O. The molecule has 4 heteroatoms. The SMILES string of the molecule is NCC(OCCc1ccccn1)c1ccccn1. The van der Waals surface area contributed by atoms with Gasteiger partial charge in [-0.2, -0.15) is 0 Å². The third kappa shape index (κ3) is 3.61. The van der Waals surface area contributed by atoms with Crippen LogP contribution in [0.2, 0.25) is 0 Å². The first kappa shape index (κ1) is 12.7. The molecule has 0 aliphatic heterocycles. The van der Waals surface area contributed by atoms with Gasteiger partial charge in [0.15, 0.2) is 0 Å². The molecule has 1 atom stereocenters. The smallest absolute Gasteiger partial charge is 0.112 e. The van der Waals surface area contributed by atoms with Crippen molar-refractivity contribution in [3.8, 4) is 0 Å². The second-order valence-corrected chi connectivity index (χ2v) is 3.92.